The first kappa shape index (κ1) is 18.7. The van der Waals surface area contributed by atoms with E-state index in [1.165, 1.54) is 4.90 Å². The molecule has 2 saturated heterocycles. The molecule has 3 rings (SSSR count). The summed E-state index contributed by atoms with van der Waals surface area (Å²) >= 11 is 0. The van der Waals surface area contributed by atoms with Crippen LogP contribution in [-0.2, 0) is 14.4 Å². The second kappa shape index (κ2) is 6.89. The molecule has 144 valence electrons. The third-order valence-corrected chi connectivity index (χ3v) is 6.16. The Kier molecular flexibility index (Phi) is 4.94. The summed E-state index contributed by atoms with van der Waals surface area (Å²) in [5.41, 5.74) is -0.881. The van der Waals surface area contributed by atoms with Gasteiger partial charge in [-0.2, -0.15) is 0 Å². The second-order valence-electron chi connectivity index (χ2n) is 8.11. The number of nitrogens with zero attached hydrogens (tertiary/aromatic N) is 2. The monoisotopic (exact) mass is 365 g/mol. The first-order valence-corrected chi connectivity index (χ1v) is 9.39. The zero-order valence-corrected chi connectivity index (χ0v) is 15.4. The summed E-state index contributed by atoms with van der Waals surface area (Å²) in [4.78, 5) is 51.8. The Morgan fingerprint density at radius 3 is 2.62 bits per heavy atom. The summed E-state index contributed by atoms with van der Waals surface area (Å²) in [6, 6.07) is -0.517. The van der Waals surface area contributed by atoms with E-state index >= 15 is 0 Å². The molecule has 2 N–H and O–H groups in total. The molecule has 0 aromatic carbocycles. The molecule has 3 fully saturated rings. The maximum Gasteiger partial charge on any atom is 0.325 e. The van der Waals surface area contributed by atoms with Gasteiger partial charge in [-0.25, -0.2) is 4.79 Å². The van der Waals surface area contributed by atoms with Gasteiger partial charge in [-0.05, 0) is 31.1 Å². The lowest BCUT2D eigenvalue weighted by atomic mass is 9.73. The molecule has 1 spiro atoms. The molecule has 2 aliphatic heterocycles. The maximum atomic E-state index is 12.9. The smallest absolute Gasteiger partial charge is 0.325 e. The van der Waals surface area contributed by atoms with Gasteiger partial charge in [-0.15, -0.1) is 0 Å². The highest BCUT2D eigenvalue weighted by atomic mass is 16.4. The van der Waals surface area contributed by atoms with Crippen LogP contribution >= 0.6 is 0 Å². The standard InChI is InChI=1S/C18H27N3O5/c1-11-7-13(15(23)24)9-20(8-11)14(22)10-21-16(25)18(19-17(21)26)6-4-3-5-12(18)2/h11-13H,3-10H2,1-2H3,(H,19,26)(H,23,24). The van der Waals surface area contributed by atoms with Crippen molar-refractivity contribution in [3.8, 4) is 0 Å². The van der Waals surface area contributed by atoms with Crippen LogP contribution in [0.3, 0.4) is 0 Å². The van der Waals surface area contributed by atoms with E-state index in [1.54, 1.807) is 0 Å². The van der Waals surface area contributed by atoms with Crippen molar-refractivity contribution in [1.82, 2.24) is 15.1 Å². The minimum atomic E-state index is -0.917. The number of carbonyl (C=O) groups is 4. The number of hydrogen-bond acceptors (Lipinski definition) is 4. The van der Waals surface area contributed by atoms with Crippen LogP contribution in [0.4, 0.5) is 4.79 Å². The summed E-state index contributed by atoms with van der Waals surface area (Å²) in [5, 5.41) is 12.1. The van der Waals surface area contributed by atoms with E-state index < -0.39 is 23.5 Å². The zero-order chi connectivity index (χ0) is 19.1. The summed E-state index contributed by atoms with van der Waals surface area (Å²) in [7, 11) is 0. The van der Waals surface area contributed by atoms with Gasteiger partial charge in [0.1, 0.15) is 12.1 Å². The number of nitrogens with one attached hydrogen (secondary N) is 1. The summed E-state index contributed by atoms with van der Waals surface area (Å²) in [6.07, 6.45) is 3.92. The number of carboxylic acid groups (broad SMARTS) is 1. The van der Waals surface area contributed by atoms with Gasteiger partial charge >= 0.3 is 12.0 Å². The third kappa shape index (κ3) is 3.17. The fourth-order valence-corrected chi connectivity index (χ4v) is 4.61. The molecular formula is C18H27N3O5. The topological polar surface area (TPSA) is 107 Å². The van der Waals surface area contributed by atoms with Crippen molar-refractivity contribution in [1.29, 1.82) is 0 Å². The van der Waals surface area contributed by atoms with Gasteiger partial charge in [0.25, 0.3) is 5.91 Å². The van der Waals surface area contributed by atoms with E-state index in [9.17, 15) is 24.3 Å². The summed E-state index contributed by atoms with van der Waals surface area (Å²) in [5.74, 6) is -2.09. The number of imide groups is 1. The molecule has 1 aliphatic carbocycles. The van der Waals surface area contributed by atoms with Gasteiger partial charge in [0.15, 0.2) is 0 Å². The minimum Gasteiger partial charge on any atom is -0.481 e. The van der Waals surface area contributed by atoms with E-state index in [0.717, 1.165) is 24.2 Å². The summed E-state index contributed by atoms with van der Waals surface area (Å²) < 4.78 is 0. The van der Waals surface area contributed by atoms with Gasteiger partial charge in [-0.1, -0.05) is 26.7 Å². The van der Waals surface area contributed by atoms with E-state index in [-0.39, 0.29) is 36.7 Å². The number of carboxylic acids is 1. The fourth-order valence-electron chi connectivity index (χ4n) is 4.61. The van der Waals surface area contributed by atoms with Crippen LogP contribution in [0.25, 0.3) is 0 Å². The predicted octanol–water partition coefficient (Wildman–Crippen LogP) is 1.06. The Morgan fingerprint density at radius 2 is 1.96 bits per heavy atom. The maximum absolute atomic E-state index is 12.9. The lowest BCUT2D eigenvalue weighted by molar-refractivity contribution is -0.148. The molecule has 1 saturated carbocycles. The number of hydrogen-bond donors (Lipinski definition) is 2. The highest BCUT2D eigenvalue weighted by Crippen LogP contribution is 2.38. The quantitative estimate of drug-likeness (QED) is 0.727. The highest BCUT2D eigenvalue weighted by Gasteiger charge is 2.55. The van der Waals surface area contributed by atoms with Crippen LogP contribution in [0.2, 0.25) is 0 Å². The van der Waals surface area contributed by atoms with Crippen molar-refractivity contribution in [3.05, 3.63) is 0 Å². The Balaban J connectivity index is 1.70. The average molecular weight is 365 g/mol. The van der Waals surface area contributed by atoms with Gasteiger partial charge in [-0.3, -0.25) is 19.3 Å². The first-order valence-electron chi connectivity index (χ1n) is 9.39. The van der Waals surface area contributed by atoms with Crippen LogP contribution in [-0.4, -0.2) is 63.9 Å². The zero-order valence-electron chi connectivity index (χ0n) is 15.4. The Hall–Kier alpha value is -2.12. The Bertz CT molecular complexity index is 636. The molecule has 4 unspecified atom stereocenters. The van der Waals surface area contributed by atoms with Gasteiger partial charge < -0.3 is 15.3 Å². The molecule has 4 atom stereocenters. The fraction of sp³-hybridized carbons (Fsp3) is 0.778. The minimum absolute atomic E-state index is 0.0409. The second-order valence-corrected chi connectivity index (χ2v) is 8.11. The van der Waals surface area contributed by atoms with Crippen molar-refractivity contribution in [2.24, 2.45) is 17.8 Å². The molecule has 4 amide bonds. The van der Waals surface area contributed by atoms with Crippen molar-refractivity contribution in [2.75, 3.05) is 19.6 Å². The van der Waals surface area contributed by atoms with Crippen molar-refractivity contribution >= 4 is 23.8 Å². The number of amides is 4. The molecule has 8 nitrogen and oxygen atoms in total. The van der Waals surface area contributed by atoms with Gasteiger partial charge in [0.2, 0.25) is 5.91 Å². The van der Waals surface area contributed by atoms with Crippen LogP contribution in [0.1, 0.15) is 46.0 Å². The number of urea groups is 1. The van der Waals surface area contributed by atoms with Crippen LogP contribution in [0, 0.1) is 17.8 Å². The molecule has 0 aromatic rings. The molecule has 2 heterocycles. The van der Waals surface area contributed by atoms with Gasteiger partial charge in [0.05, 0.1) is 5.92 Å². The largest absolute Gasteiger partial charge is 0.481 e. The van der Waals surface area contributed by atoms with Crippen LogP contribution in [0.15, 0.2) is 0 Å². The van der Waals surface area contributed by atoms with E-state index in [1.807, 2.05) is 13.8 Å². The number of likely N-dealkylation sites (tertiary alicyclic amines) is 1. The van der Waals surface area contributed by atoms with Crippen molar-refractivity contribution in [2.45, 2.75) is 51.5 Å². The average Bonchev–Trinajstić information content (AvgIpc) is 2.82. The van der Waals surface area contributed by atoms with E-state index in [2.05, 4.69) is 5.32 Å². The number of rotatable bonds is 3. The number of piperidine rings is 1. The normalized spacial score (nSPS) is 34.9. The molecule has 0 radical (unpaired) electrons. The predicted molar refractivity (Wildman–Crippen MR) is 92.1 cm³/mol. The lowest BCUT2D eigenvalue weighted by Crippen LogP contribution is -2.54. The molecule has 0 aromatic heterocycles. The SMILES string of the molecule is CC1CC(C(=O)O)CN(C(=O)CN2C(=O)NC3(CCCCC3C)C2=O)C1. The highest BCUT2D eigenvalue weighted by molar-refractivity contribution is 6.09. The molecule has 0 bridgehead atoms. The Morgan fingerprint density at radius 1 is 1.23 bits per heavy atom. The third-order valence-electron chi connectivity index (χ3n) is 6.16. The lowest BCUT2D eigenvalue weighted by Gasteiger charge is -2.37. The van der Waals surface area contributed by atoms with Crippen LogP contribution < -0.4 is 5.32 Å². The first-order chi connectivity index (χ1) is 12.2. The van der Waals surface area contributed by atoms with Gasteiger partial charge in [0, 0.05) is 13.1 Å². The molecule has 3 aliphatic rings. The molecule has 8 heteroatoms. The van der Waals surface area contributed by atoms with E-state index in [4.69, 9.17) is 0 Å². The van der Waals surface area contributed by atoms with Crippen LogP contribution in [0.5, 0.6) is 0 Å². The molecular weight excluding hydrogens is 338 g/mol. The van der Waals surface area contributed by atoms with Crippen molar-refractivity contribution < 1.29 is 24.3 Å². The molecule has 26 heavy (non-hydrogen) atoms. The number of aliphatic carboxylic acids is 1. The van der Waals surface area contributed by atoms with E-state index in [0.29, 0.717) is 19.4 Å². The number of carbonyl (C=O) groups excluding carboxylic acids is 3. The Labute approximate surface area is 152 Å². The van der Waals surface area contributed by atoms with Crippen molar-refractivity contribution in [3.63, 3.8) is 0 Å². The summed E-state index contributed by atoms with van der Waals surface area (Å²) in [6.45, 7) is 4.13.